The lowest BCUT2D eigenvalue weighted by atomic mass is 9.91. The van der Waals surface area contributed by atoms with Crippen molar-refractivity contribution in [3.05, 3.63) is 0 Å². The Morgan fingerprint density at radius 3 is 2.73 bits per heavy atom. The molecule has 1 saturated carbocycles. The fraction of sp³-hybridized carbons (Fsp3) is 1.00. The Kier molecular flexibility index (Phi) is 2.90. The first kappa shape index (κ1) is 9.01. The van der Waals surface area contributed by atoms with E-state index in [9.17, 15) is 0 Å². The zero-order valence-corrected chi connectivity index (χ0v) is 7.47. The van der Waals surface area contributed by atoms with Gasteiger partial charge in [0.15, 0.2) is 0 Å². The number of hydrogen-bond donors (Lipinski definition) is 2. The molecule has 0 spiro atoms. The molecule has 0 amide bonds. The standard InChI is InChI=1S/C9H20N2/c1-8-3-2-5-9(11,7-10)6-4-8/h8H,2-7,10-11H2,1H3. The van der Waals surface area contributed by atoms with Crippen LogP contribution in [-0.2, 0) is 0 Å². The van der Waals surface area contributed by atoms with Crippen molar-refractivity contribution < 1.29 is 0 Å². The van der Waals surface area contributed by atoms with E-state index in [0.717, 1.165) is 18.8 Å². The number of rotatable bonds is 1. The molecule has 1 rings (SSSR count). The summed E-state index contributed by atoms with van der Waals surface area (Å²) in [5.41, 5.74) is 11.7. The Morgan fingerprint density at radius 1 is 1.36 bits per heavy atom. The van der Waals surface area contributed by atoms with Gasteiger partial charge in [0.25, 0.3) is 0 Å². The number of hydrogen-bond acceptors (Lipinski definition) is 2. The minimum atomic E-state index is -0.0369. The molecule has 0 aromatic carbocycles. The lowest BCUT2D eigenvalue weighted by molar-refractivity contribution is 0.375. The highest BCUT2D eigenvalue weighted by atomic mass is 14.8. The van der Waals surface area contributed by atoms with Crippen LogP contribution in [0, 0.1) is 5.92 Å². The van der Waals surface area contributed by atoms with Gasteiger partial charge in [0, 0.05) is 12.1 Å². The Morgan fingerprint density at radius 2 is 2.09 bits per heavy atom. The van der Waals surface area contributed by atoms with Gasteiger partial charge >= 0.3 is 0 Å². The summed E-state index contributed by atoms with van der Waals surface area (Å²) < 4.78 is 0. The maximum Gasteiger partial charge on any atom is 0.0278 e. The molecule has 0 aromatic rings. The second kappa shape index (κ2) is 3.55. The second-order valence-corrected chi connectivity index (χ2v) is 4.10. The van der Waals surface area contributed by atoms with Crippen LogP contribution in [0.5, 0.6) is 0 Å². The predicted molar refractivity (Wildman–Crippen MR) is 48.2 cm³/mol. The van der Waals surface area contributed by atoms with Crippen molar-refractivity contribution in [2.45, 2.75) is 44.6 Å². The van der Waals surface area contributed by atoms with E-state index in [4.69, 9.17) is 11.5 Å². The topological polar surface area (TPSA) is 52.0 Å². The first-order valence-corrected chi connectivity index (χ1v) is 4.65. The van der Waals surface area contributed by atoms with E-state index in [1.165, 1.54) is 19.3 Å². The van der Waals surface area contributed by atoms with E-state index in [1.807, 2.05) is 0 Å². The fourth-order valence-corrected chi connectivity index (χ4v) is 1.81. The molecule has 0 radical (unpaired) electrons. The molecule has 1 fully saturated rings. The van der Waals surface area contributed by atoms with Crippen LogP contribution < -0.4 is 11.5 Å². The Labute approximate surface area is 69.3 Å². The van der Waals surface area contributed by atoms with E-state index in [0.29, 0.717) is 6.54 Å². The van der Waals surface area contributed by atoms with Crippen LogP contribution in [0.25, 0.3) is 0 Å². The molecular weight excluding hydrogens is 136 g/mol. The van der Waals surface area contributed by atoms with E-state index < -0.39 is 0 Å². The summed E-state index contributed by atoms with van der Waals surface area (Å²) in [6.07, 6.45) is 6.08. The van der Waals surface area contributed by atoms with Gasteiger partial charge in [-0.05, 0) is 25.2 Å². The molecule has 11 heavy (non-hydrogen) atoms. The van der Waals surface area contributed by atoms with Crippen LogP contribution in [0.2, 0.25) is 0 Å². The normalized spacial score (nSPS) is 40.1. The van der Waals surface area contributed by atoms with E-state index in [-0.39, 0.29) is 5.54 Å². The van der Waals surface area contributed by atoms with Gasteiger partial charge in [0.05, 0.1) is 0 Å². The van der Waals surface area contributed by atoms with Gasteiger partial charge in [-0.15, -0.1) is 0 Å². The molecule has 2 atom stereocenters. The minimum absolute atomic E-state index is 0.0369. The van der Waals surface area contributed by atoms with Gasteiger partial charge in [-0.2, -0.15) is 0 Å². The summed E-state index contributed by atoms with van der Waals surface area (Å²) in [6, 6.07) is 0. The summed E-state index contributed by atoms with van der Waals surface area (Å²) in [5.74, 6) is 0.854. The monoisotopic (exact) mass is 156 g/mol. The molecule has 4 N–H and O–H groups in total. The molecular formula is C9H20N2. The van der Waals surface area contributed by atoms with Crippen molar-refractivity contribution in [1.82, 2.24) is 0 Å². The van der Waals surface area contributed by atoms with Crippen LogP contribution in [0.1, 0.15) is 39.0 Å². The summed E-state index contributed by atoms with van der Waals surface area (Å²) in [6.45, 7) is 2.96. The fourth-order valence-electron chi connectivity index (χ4n) is 1.81. The van der Waals surface area contributed by atoms with Crippen LogP contribution in [0.4, 0.5) is 0 Å². The molecule has 0 saturated heterocycles. The third-order valence-corrected chi connectivity index (χ3v) is 2.91. The highest BCUT2D eigenvalue weighted by Crippen LogP contribution is 2.27. The molecule has 2 nitrogen and oxygen atoms in total. The Balaban J connectivity index is 2.45. The van der Waals surface area contributed by atoms with E-state index in [1.54, 1.807) is 0 Å². The molecule has 1 aliphatic rings. The van der Waals surface area contributed by atoms with Crippen LogP contribution in [-0.4, -0.2) is 12.1 Å². The minimum Gasteiger partial charge on any atom is -0.329 e. The molecule has 2 unspecified atom stereocenters. The van der Waals surface area contributed by atoms with Crippen molar-refractivity contribution in [2.75, 3.05) is 6.54 Å². The third-order valence-electron chi connectivity index (χ3n) is 2.91. The van der Waals surface area contributed by atoms with Gasteiger partial charge in [-0.25, -0.2) is 0 Å². The summed E-state index contributed by atoms with van der Waals surface area (Å²) in [4.78, 5) is 0. The highest BCUT2D eigenvalue weighted by Gasteiger charge is 2.26. The van der Waals surface area contributed by atoms with Gasteiger partial charge in [-0.1, -0.05) is 19.8 Å². The smallest absolute Gasteiger partial charge is 0.0278 e. The van der Waals surface area contributed by atoms with E-state index in [2.05, 4.69) is 6.92 Å². The quantitative estimate of drug-likeness (QED) is 0.561. The SMILES string of the molecule is CC1CCCC(N)(CN)CC1. The molecule has 2 heteroatoms. The molecule has 0 heterocycles. The summed E-state index contributed by atoms with van der Waals surface area (Å²) >= 11 is 0. The van der Waals surface area contributed by atoms with Crippen molar-refractivity contribution in [3.8, 4) is 0 Å². The maximum atomic E-state index is 6.10. The second-order valence-electron chi connectivity index (χ2n) is 4.10. The Bertz CT molecular complexity index is 125. The van der Waals surface area contributed by atoms with E-state index >= 15 is 0 Å². The van der Waals surface area contributed by atoms with Crippen LogP contribution in [0.3, 0.4) is 0 Å². The molecule has 0 bridgehead atoms. The van der Waals surface area contributed by atoms with Crippen molar-refractivity contribution in [3.63, 3.8) is 0 Å². The number of nitrogens with two attached hydrogens (primary N) is 2. The molecule has 66 valence electrons. The first-order chi connectivity index (χ1) is 5.16. The van der Waals surface area contributed by atoms with Gasteiger partial charge < -0.3 is 11.5 Å². The van der Waals surface area contributed by atoms with Crippen molar-refractivity contribution in [2.24, 2.45) is 17.4 Å². The zero-order valence-electron chi connectivity index (χ0n) is 7.47. The first-order valence-electron chi connectivity index (χ1n) is 4.65. The lowest BCUT2D eigenvalue weighted by Crippen LogP contribution is -2.46. The molecule has 1 aliphatic carbocycles. The van der Waals surface area contributed by atoms with Crippen LogP contribution in [0.15, 0.2) is 0 Å². The Hall–Kier alpha value is -0.0800. The van der Waals surface area contributed by atoms with Crippen molar-refractivity contribution >= 4 is 0 Å². The average molecular weight is 156 g/mol. The largest absolute Gasteiger partial charge is 0.329 e. The molecule has 0 aromatic heterocycles. The summed E-state index contributed by atoms with van der Waals surface area (Å²) in [5, 5.41) is 0. The van der Waals surface area contributed by atoms with Gasteiger partial charge in [0.2, 0.25) is 0 Å². The average Bonchev–Trinajstić information content (AvgIpc) is 2.15. The third kappa shape index (κ3) is 2.46. The maximum absolute atomic E-state index is 6.10. The van der Waals surface area contributed by atoms with Gasteiger partial charge in [-0.3, -0.25) is 0 Å². The summed E-state index contributed by atoms with van der Waals surface area (Å²) in [7, 11) is 0. The zero-order chi connectivity index (χ0) is 8.32. The van der Waals surface area contributed by atoms with Crippen molar-refractivity contribution in [1.29, 1.82) is 0 Å². The highest BCUT2D eigenvalue weighted by molar-refractivity contribution is 4.87. The lowest BCUT2D eigenvalue weighted by Gasteiger charge is -2.25. The van der Waals surface area contributed by atoms with Crippen LogP contribution >= 0.6 is 0 Å². The molecule has 0 aliphatic heterocycles. The van der Waals surface area contributed by atoms with Gasteiger partial charge in [0.1, 0.15) is 0 Å². The predicted octanol–water partition coefficient (Wildman–Crippen LogP) is 1.24.